The van der Waals surface area contributed by atoms with Crippen LogP contribution in [-0.4, -0.2) is 12.6 Å². The van der Waals surface area contributed by atoms with Gasteiger partial charge in [-0.1, -0.05) is 48.5 Å². The standard InChI is InChI=1S/C14H10O2.H2S/c15-9-11-1-5-13(6-2-11)14-7-3-12(10-16)4-8-14;/h1-10H;1H2. The largest absolute Gasteiger partial charge is 0.298 e. The third-order valence-electron chi connectivity index (χ3n) is 2.43. The Hall–Kier alpha value is -1.87. The van der Waals surface area contributed by atoms with Crippen LogP contribution in [0.25, 0.3) is 11.1 Å². The molecule has 0 atom stereocenters. The van der Waals surface area contributed by atoms with E-state index in [1.807, 2.05) is 24.3 Å². The van der Waals surface area contributed by atoms with E-state index in [1.165, 1.54) is 0 Å². The molecule has 2 nitrogen and oxygen atoms in total. The molecule has 17 heavy (non-hydrogen) atoms. The first-order chi connectivity index (χ1) is 7.83. The number of aldehydes is 2. The topological polar surface area (TPSA) is 34.1 Å². The van der Waals surface area contributed by atoms with Gasteiger partial charge in [0, 0.05) is 11.1 Å². The average molecular weight is 244 g/mol. The lowest BCUT2D eigenvalue weighted by Crippen LogP contribution is -1.83. The minimum absolute atomic E-state index is 0. The van der Waals surface area contributed by atoms with Crippen molar-refractivity contribution in [2.75, 3.05) is 0 Å². The molecule has 0 aliphatic carbocycles. The Bertz CT molecular complexity index is 451. The highest BCUT2D eigenvalue weighted by Gasteiger charge is 1.97. The molecular formula is C14H12O2S. The molecule has 0 radical (unpaired) electrons. The van der Waals surface area contributed by atoms with Gasteiger partial charge in [-0.3, -0.25) is 9.59 Å². The van der Waals surface area contributed by atoms with Gasteiger partial charge in [-0.15, -0.1) is 0 Å². The van der Waals surface area contributed by atoms with Gasteiger partial charge in [0.15, 0.2) is 0 Å². The Morgan fingerprint density at radius 1 is 0.588 bits per heavy atom. The third-order valence-corrected chi connectivity index (χ3v) is 2.43. The predicted molar refractivity (Wildman–Crippen MR) is 73.0 cm³/mol. The van der Waals surface area contributed by atoms with Crippen LogP contribution in [0.2, 0.25) is 0 Å². The van der Waals surface area contributed by atoms with Crippen molar-refractivity contribution in [2.24, 2.45) is 0 Å². The van der Waals surface area contributed by atoms with Gasteiger partial charge in [-0.2, -0.15) is 13.5 Å². The summed E-state index contributed by atoms with van der Waals surface area (Å²) in [4.78, 5) is 21.0. The summed E-state index contributed by atoms with van der Waals surface area (Å²) in [5.41, 5.74) is 3.38. The minimum Gasteiger partial charge on any atom is -0.298 e. The molecule has 0 amide bonds. The Morgan fingerprint density at radius 2 is 0.882 bits per heavy atom. The number of hydrogen-bond acceptors (Lipinski definition) is 2. The smallest absolute Gasteiger partial charge is 0.150 e. The van der Waals surface area contributed by atoms with Crippen molar-refractivity contribution >= 4 is 26.1 Å². The summed E-state index contributed by atoms with van der Waals surface area (Å²) in [6, 6.07) is 14.6. The molecular weight excluding hydrogens is 232 g/mol. The second-order valence-corrected chi connectivity index (χ2v) is 3.48. The molecule has 0 bridgehead atoms. The minimum atomic E-state index is 0. The molecule has 2 aromatic carbocycles. The Morgan fingerprint density at radius 3 is 1.12 bits per heavy atom. The van der Waals surface area contributed by atoms with Crippen LogP contribution in [-0.2, 0) is 0 Å². The predicted octanol–water partition coefficient (Wildman–Crippen LogP) is 3.09. The van der Waals surface area contributed by atoms with Crippen LogP contribution in [0.3, 0.4) is 0 Å². The zero-order valence-corrected chi connectivity index (χ0v) is 10.1. The van der Waals surface area contributed by atoms with Crippen molar-refractivity contribution in [3.63, 3.8) is 0 Å². The van der Waals surface area contributed by atoms with Crippen molar-refractivity contribution in [2.45, 2.75) is 0 Å². The van der Waals surface area contributed by atoms with E-state index in [2.05, 4.69) is 0 Å². The summed E-state index contributed by atoms with van der Waals surface area (Å²) in [5, 5.41) is 0. The molecule has 3 heteroatoms. The summed E-state index contributed by atoms with van der Waals surface area (Å²) >= 11 is 0. The first-order valence-corrected chi connectivity index (χ1v) is 4.94. The molecule has 0 saturated carbocycles. The summed E-state index contributed by atoms with van der Waals surface area (Å²) in [6.45, 7) is 0. The summed E-state index contributed by atoms with van der Waals surface area (Å²) in [5.74, 6) is 0. The van der Waals surface area contributed by atoms with Gasteiger partial charge in [-0.25, -0.2) is 0 Å². The Balaban J connectivity index is 0.00000144. The number of rotatable bonds is 3. The lowest BCUT2D eigenvalue weighted by molar-refractivity contribution is 0.111. The van der Waals surface area contributed by atoms with E-state index in [0.29, 0.717) is 11.1 Å². The third kappa shape index (κ3) is 3.04. The highest BCUT2D eigenvalue weighted by atomic mass is 32.1. The molecule has 2 aromatic rings. The fraction of sp³-hybridized carbons (Fsp3) is 0. The molecule has 2 rings (SSSR count). The molecule has 0 aromatic heterocycles. The molecule has 0 saturated heterocycles. The second-order valence-electron chi connectivity index (χ2n) is 3.48. The van der Waals surface area contributed by atoms with Crippen LogP contribution in [0.5, 0.6) is 0 Å². The SMILES string of the molecule is O=Cc1ccc(-c2ccc(C=O)cc2)cc1.S. The molecule has 86 valence electrons. The molecule has 0 aliphatic rings. The quantitative estimate of drug-likeness (QED) is 0.777. The monoisotopic (exact) mass is 244 g/mol. The number of hydrogen-bond donors (Lipinski definition) is 0. The average Bonchev–Trinajstić information content (AvgIpc) is 2.39. The molecule has 0 N–H and O–H groups in total. The summed E-state index contributed by atoms with van der Waals surface area (Å²) < 4.78 is 0. The Labute approximate surface area is 107 Å². The first-order valence-electron chi connectivity index (χ1n) is 4.94. The number of carbonyl (C=O) groups is 2. The number of carbonyl (C=O) groups excluding carboxylic acids is 2. The van der Waals surface area contributed by atoms with E-state index >= 15 is 0 Å². The van der Waals surface area contributed by atoms with Crippen LogP contribution < -0.4 is 0 Å². The molecule has 0 aliphatic heterocycles. The normalized spacial score (nSPS) is 9.18. The molecule has 0 unspecified atom stereocenters. The van der Waals surface area contributed by atoms with E-state index in [1.54, 1.807) is 24.3 Å². The zero-order chi connectivity index (χ0) is 11.4. The fourth-order valence-electron chi connectivity index (χ4n) is 1.51. The molecule has 0 spiro atoms. The van der Waals surface area contributed by atoms with Crippen LogP contribution in [0.4, 0.5) is 0 Å². The maximum absolute atomic E-state index is 10.5. The van der Waals surface area contributed by atoms with E-state index < -0.39 is 0 Å². The lowest BCUT2D eigenvalue weighted by Gasteiger charge is -2.01. The van der Waals surface area contributed by atoms with E-state index in [9.17, 15) is 9.59 Å². The first kappa shape index (κ1) is 13.2. The summed E-state index contributed by atoms with van der Waals surface area (Å²) in [6.07, 6.45) is 1.64. The van der Waals surface area contributed by atoms with Crippen LogP contribution >= 0.6 is 13.5 Å². The lowest BCUT2D eigenvalue weighted by atomic mass is 10.0. The van der Waals surface area contributed by atoms with Gasteiger partial charge in [0.25, 0.3) is 0 Å². The van der Waals surface area contributed by atoms with Crippen LogP contribution in [0.15, 0.2) is 48.5 Å². The maximum Gasteiger partial charge on any atom is 0.150 e. The Kier molecular flexibility index (Phi) is 4.67. The van der Waals surface area contributed by atoms with Gasteiger partial charge >= 0.3 is 0 Å². The van der Waals surface area contributed by atoms with Crippen molar-refractivity contribution in [1.82, 2.24) is 0 Å². The fourth-order valence-corrected chi connectivity index (χ4v) is 1.51. The van der Waals surface area contributed by atoms with E-state index in [-0.39, 0.29) is 13.5 Å². The second kappa shape index (κ2) is 6.01. The van der Waals surface area contributed by atoms with Crippen molar-refractivity contribution in [3.8, 4) is 11.1 Å². The summed E-state index contributed by atoms with van der Waals surface area (Å²) in [7, 11) is 0. The van der Waals surface area contributed by atoms with Gasteiger partial charge in [-0.05, 0) is 11.1 Å². The molecule has 0 fully saturated rings. The van der Waals surface area contributed by atoms with E-state index in [4.69, 9.17) is 0 Å². The van der Waals surface area contributed by atoms with Crippen LogP contribution in [0, 0.1) is 0 Å². The van der Waals surface area contributed by atoms with Crippen LogP contribution in [0.1, 0.15) is 20.7 Å². The van der Waals surface area contributed by atoms with Crippen molar-refractivity contribution in [3.05, 3.63) is 59.7 Å². The highest BCUT2D eigenvalue weighted by molar-refractivity contribution is 7.59. The molecule has 0 heterocycles. The zero-order valence-electron chi connectivity index (χ0n) is 9.09. The number of benzene rings is 2. The van der Waals surface area contributed by atoms with Gasteiger partial charge in [0.05, 0.1) is 0 Å². The highest BCUT2D eigenvalue weighted by Crippen LogP contribution is 2.19. The van der Waals surface area contributed by atoms with Crippen molar-refractivity contribution in [1.29, 1.82) is 0 Å². The maximum atomic E-state index is 10.5. The van der Waals surface area contributed by atoms with Gasteiger partial charge in [0.1, 0.15) is 12.6 Å². The van der Waals surface area contributed by atoms with E-state index in [0.717, 1.165) is 23.7 Å². The van der Waals surface area contributed by atoms with Gasteiger partial charge < -0.3 is 0 Å². The van der Waals surface area contributed by atoms with Gasteiger partial charge in [0.2, 0.25) is 0 Å². The van der Waals surface area contributed by atoms with Crippen molar-refractivity contribution < 1.29 is 9.59 Å².